The van der Waals surface area contributed by atoms with E-state index in [4.69, 9.17) is 14.7 Å². The molecular weight excluding hydrogens is 340 g/mol. The summed E-state index contributed by atoms with van der Waals surface area (Å²) in [6.07, 6.45) is 1.82. The van der Waals surface area contributed by atoms with Gasteiger partial charge in [0.2, 0.25) is 5.91 Å². The predicted molar refractivity (Wildman–Crippen MR) is 105 cm³/mol. The lowest BCUT2D eigenvalue weighted by Crippen LogP contribution is -2.25. The van der Waals surface area contributed by atoms with E-state index in [0.29, 0.717) is 38.2 Å². The summed E-state index contributed by atoms with van der Waals surface area (Å²) in [7, 11) is 0. The number of amides is 1. The summed E-state index contributed by atoms with van der Waals surface area (Å²) in [5.74, 6) is 1.51. The van der Waals surface area contributed by atoms with Crippen LogP contribution in [-0.2, 0) is 17.6 Å². The van der Waals surface area contributed by atoms with Gasteiger partial charge < -0.3 is 14.8 Å². The Kier molecular flexibility index (Phi) is 8.18. The van der Waals surface area contributed by atoms with Crippen LogP contribution in [0.25, 0.3) is 0 Å². The molecule has 1 amide bonds. The van der Waals surface area contributed by atoms with Crippen molar-refractivity contribution < 1.29 is 14.3 Å². The fourth-order valence-corrected chi connectivity index (χ4v) is 2.69. The minimum Gasteiger partial charge on any atom is -0.490 e. The number of rotatable bonds is 10. The van der Waals surface area contributed by atoms with Gasteiger partial charge >= 0.3 is 0 Å². The smallest absolute Gasteiger partial charge is 0.220 e. The lowest BCUT2D eigenvalue weighted by Gasteiger charge is -2.12. The molecule has 0 fully saturated rings. The lowest BCUT2D eigenvalue weighted by molar-refractivity contribution is -0.121. The lowest BCUT2D eigenvalue weighted by atomic mass is 10.1. The van der Waals surface area contributed by atoms with Gasteiger partial charge in [0.15, 0.2) is 11.5 Å². The van der Waals surface area contributed by atoms with Crippen molar-refractivity contribution in [2.24, 2.45) is 0 Å². The highest BCUT2D eigenvalue weighted by molar-refractivity contribution is 5.76. The van der Waals surface area contributed by atoms with Gasteiger partial charge in [-0.3, -0.25) is 4.79 Å². The number of ether oxygens (including phenoxy) is 2. The second-order valence-electron chi connectivity index (χ2n) is 6.06. The summed E-state index contributed by atoms with van der Waals surface area (Å²) in [5.41, 5.74) is 2.77. The van der Waals surface area contributed by atoms with E-state index >= 15 is 0 Å². The zero-order chi connectivity index (χ0) is 19.5. The van der Waals surface area contributed by atoms with Gasteiger partial charge in [-0.2, -0.15) is 5.26 Å². The van der Waals surface area contributed by atoms with Crippen molar-refractivity contribution in [1.82, 2.24) is 5.32 Å². The maximum absolute atomic E-state index is 12.0. The van der Waals surface area contributed by atoms with Crippen LogP contribution >= 0.6 is 0 Å². The van der Waals surface area contributed by atoms with Gasteiger partial charge in [0.25, 0.3) is 0 Å². The van der Waals surface area contributed by atoms with Gasteiger partial charge in [-0.1, -0.05) is 18.2 Å². The molecule has 27 heavy (non-hydrogen) atoms. The number of carbonyl (C=O) groups is 1. The number of nitriles is 1. The van der Waals surface area contributed by atoms with Crippen LogP contribution in [-0.4, -0.2) is 25.7 Å². The van der Waals surface area contributed by atoms with Crippen molar-refractivity contribution in [3.8, 4) is 17.6 Å². The SMILES string of the molecule is CCOc1ccc(CCNC(=O)CCc2ccc(C#N)cc2)cc1OCC. The third-order valence-electron chi connectivity index (χ3n) is 4.07. The Morgan fingerprint density at radius 1 is 0.963 bits per heavy atom. The Hall–Kier alpha value is -3.00. The summed E-state index contributed by atoms with van der Waals surface area (Å²) in [4.78, 5) is 12.0. The summed E-state index contributed by atoms with van der Waals surface area (Å²) in [5, 5.41) is 11.7. The third kappa shape index (κ3) is 6.67. The highest BCUT2D eigenvalue weighted by atomic mass is 16.5. The fourth-order valence-electron chi connectivity index (χ4n) is 2.69. The summed E-state index contributed by atoms with van der Waals surface area (Å²) in [6.45, 7) is 5.63. The molecule has 0 aliphatic heterocycles. The molecule has 2 rings (SSSR count). The largest absolute Gasteiger partial charge is 0.490 e. The number of benzene rings is 2. The number of nitrogens with one attached hydrogen (secondary N) is 1. The zero-order valence-corrected chi connectivity index (χ0v) is 16.0. The van der Waals surface area contributed by atoms with Gasteiger partial charge in [0.05, 0.1) is 24.8 Å². The number of aryl methyl sites for hydroxylation is 1. The third-order valence-corrected chi connectivity index (χ3v) is 4.07. The van der Waals surface area contributed by atoms with Crippen molar-refractivity contribution in [2.45, 2.75) is 33.1 Å². The molecule has 0 aliphatic rings. The predicted octanol–water partition coefficient (Wildman–Crippen LogP) is 3.65. The normalized spacial score (nSPS) is 10.1. The van der Waals surface area contributed by atoms with Crippen LogP contribution in [0.5, 0.6) is 11.5 Å². The van der Waals surface area contributed by atoms with E-state index < -0.39 is 0 Å². The van der Waals surface area contributed by atoms with Crippen LogP contribution in [0, 0.1) is 11.3 Å². The highest BCUT2D eigenvalue weighted by Crippen LogP contribution is 2.28. The number of hydrogen-bond acceptors (Lipinski definition) is 4. The first-order valence-corrected chi connectivity index (χ1v) is 9.30. The molecular formula is C22H26N2O3. The summed E-state index contributed by atoms with van der Waals surface area (Å²) >= 11 is 0. The zero-order valence-electron chi connectivity index (χ0n) is 16.0. The first kappa shape index (κ1) is 20.3. The standard InChI is InChI=1S/C22H26N2O3/c1-3-26-20-11-9-18(15-21(20)27-4-2)13-14-24-22(25)12-10-17-5-7-19(16-23)8-6-17/h5-9,11,15H,3-4,10,12-14H2,1-2H3,(H,24,25). The van der Waals surface area contributed by atoms with Crippen LogP contribution in [0.1, 0.15) is 37.0 Å². The average molecular weight is 366 g/mol. The molecule has 0 bridgehead atoms. The molecule has 0 aromatic heterocycles. The maximum atomic E-state index is 12.0. The number of hydrogen-bond donors (Lipinski definition) is 1. The van der Waals surface area contributed by atoms with Crippen LogP contribution < -0.4 is 14.8 Å². The highest BCUT2D eigenvalue weighted by Gasteiger charge is 2.07. The van der Waals surface area contributed by atoms with Crippen molar-refractivity contribution >= 4 is 5.91 Å². The molecule has 0 heterocycles. The Bertz CT molecular complexity index is 779. The molecule has 5 nitrogen and oxygen atoms in total. The van der Waals surface area contributed by atoms with Gasteiger partial charge in [-0.25, -0.2) is 0 Å². The van der Waals surface area contributed by atoms with E-state index in [1.165, 1.54) is 0 Å². The van der Waals surface area contributed by atoms with Crippen LogP contribution in [0.2, 0.25) is 0 Å². The minimum atomic E-state index is 0.0235. The van der Waals surface area contributed by atoms with Crippen molar-refractivity contribution in [2.75, 3.05) is 19.8 Å². The molecule has 142 valence electrons. The first-order valence-electron chi connectivity index (χ1n) is 9.30. The molecule has 2 aromatic rings. The van der Waals surface area contributed by atoms with Crippen molar-refractivity contribution in [3.63, 3.8) is 0 Å². The molecule has 2 aromatic carbocycles. The van der Waals surface area contributed by atoms with E-state index in [1.54, 1.807) is 12.1 Å². The van der Waals surface area contributed by atoms with Gasteiger partial charge in [0.1, 0.15) is 0 Å². The fraction of sp³-hybridized carbons (Fsp3) is 0.364. The average Bonchev–Trinajstić information content (AvgIpc) is 2.69. The van der Waals surface area contributed by atoms with Gasteiger partial charge in [0, 0.05) is 13.0 Å². The molecule has 0 aliphatic carbocycles. The second kappa shape index (κ2) is 10.9. The Labute approximate surface area is 160 Å². The first-order chi connectivity index (χ1) is 13.2. The molecule has 1 N–H and O–H groups in total. The van der Waals surface area contributed by atoms with Crippen LogP contribution in [0.3, 0.4) is 0 Å². The molecule has 0 saturated heterocycles. The van der Waals surface area contributed by atoms with E-state index in [-0.39, 0.29) is 5.91 Å². The Balaban J connectivity index is 1.78. The maximum Gasteiger partial charge on any atom is 0.220 e. The van der Waals surface area contributed by atoms with Crippen molar-refractivity contribution in [3.05, 3.63) is 59.2 Å². The van der Waals surface area contributed by atoms with Gasteiger partial charge in [-0.05, 0) is 62.1 Å². The molecule has 0 saturated carbocycles. The Morgan fingerprint density at radius 2 is 1.63 bits per heavy atom. The van der Waals surface area contributed by atoms with E-state index in [1.807, 2.05) is 44.2 Å². The monoisotopic (exact) mass is 366 g/mol. The molecule has 5 heteroatoms. The van der Waals surface area contributed by atoms with Crippen LogP contribution in [0.15, 0.2) is 42.5 Å². The number of nitrogens with zero attached hydrogens (tertiary/aromatic N) is 1. The molecule has 0 atom stereocenters. The molecule has 0 unspecified atom stereocenters. The topological polar surface area (TPSA) is 71.3 Å². The number of carbonyl (C=O) groups excluding carboxylic acids is 1. The second-order valence-corrected chi connectivity index (χ2v) is 6.06. The van der Waals surface area contributed by atoms with Crippen LogP contribution in [0.4, 0.5) is 0 Å². The van der Waals surface area contributed by atoms with E-state index in [0.717, 1.165) is 29.0 Å². The van der Waals surface area contributed by atoms with E-state index in [2.05, 4.69) is 11.4 Å². The minimum absolute atomic E-state index is 0.0235. The van der Waals surface area contributed by atoms with Gasteiger partial charge in [-0.15, -0.1) is 0 Å². The molecule has 0 spiro atoms. The van der Waals surface area contributed by atoms with E-state index in [9.17, 15) is 4.79 Å². The quantitative estimate of drug-likeness (QED) is 0.697. The molecule has 0 radical (unpaired) electrons. The Morgan fingerprint density at radius 3 is 2.30 bits per heavy atom. The summed E-state index contributed by atoms with van der Waals surface area (Å²) in [6, 6.07) is 15.3. The van der Waals surface area contributed by atoms with Crippen molar-refractivity contribution in [1.29, 1.82) is 5.26 Å². The summed E-state index contributed by atoms with van der Waals surface area (Å²) < 4.78 is 11.2.